The van der Waals surface area contributed by atoms with Gasteiger partial charge in [0.25, 0.3) is 10.0 Å². The third-order valence-corrected chi connectivity index (χ3v) is 6.39. The van der Waals surface area contributed by atoms with Crippen molar-refractivity contribution in [1.82, 2.24) is 4.57 Å². The molecular formula is C16H12Cl2N2O4S2. The minimum atomic E-state index is -3.98. The normalized spacial score (nSPS) is 12.5. The Kier molecular flexibility index (Phi) is 5.38. The molecule has 0 bridgehead atoms. The minimum Gasteiger partial charge on any atom is -0.468 e. The fourth-order valence-corrected chi connectivity index (χ4v) is 4.86. The molecule has 0 aliphatic heterocycles. The lowest BCUT2D eigenvalue weighted by atomic mass is 10.3. The van der Waals surface area contributed by atoms with Gasteiger partial charge in [-0.25, -0.2) is 0 Å². The number of halogens is 2. The zero-order valence-electron chi connectivity index (χ0n) is 13.3. The molecule has 0 aliphatic rings. The molecule has 0 saturated carbocycles. The Morgan fingerprint density at radius 2 is 1.81 bits per heavy atom. The van der Waals surface area contributed by atoms with Crippen molar-refractivity contribution < 1.29 is 17.9 Å². The van der Waals surface area contributed by atoms with Crippen LogP contribution in [0.5, 0.6) is 0 Å². The fraction of sp³-hybridized carbons (Fsp3) is 0.125. The summed E-state index contributed by atoms with van der Waals surface area (Å²) < 4.78 is 36.0. The SMILES string of the molecule is COC(=O)Cn1/c(=N/S(=O)(=O)c2ccc(Cl)cc2)sc2cc(Cl)ccc21. The van der Waals surface area contributed by atoms with E-state index in [4.69, 9.17) is 27.9 Å². The molecule has 3 aromatic rings. The van der Waals surface area contributed by atoms with Crippen LogP contribution in [0.2, 0.25) is 10.0 Å². The van der Waals surface area contributed by atoms with Gasteiger partial charge in [-0.15, -0.1) is 4.40 Å². The largest absolute Gasteiger partial charge is 0.468 e. The smallest absolute Gasteiger partial charge is 0.325 e. The summed E-state index contributed by atoms with van der Waals surface area (Å²) >= 11 is 12.9. The quantitative estimate of drug-likeness (QED) is 0.593. The Hall–Kier alpha value is -1.87. The topological polar surface area (TPSA) is 77.7 Å². The molecule has 0 saturated heterocycles. The summed E-state index contributed by atoms with van der Waals surface area (Å²) in [6.45, 7) is -0.174. The van der Waals surface area contributed by atoms with Crippen LogP contribution in [0.1, 0.15) is 0 Å². The molecule has 0 aliphatic carbocycles. The molecule has 26 heavy (non-hydrogen) atoms. The lowest BCUT2D eigenvalue weighted by Gasteiger charge is -2.04. The summed E-state index contributed by atoms with van der Waals surface area (Å²) in [7, 11) is -2.72. The van der Waals surface area contributed by atoms with Gasteiger partial charge in [-0.3, -0.25) is 4.79 Å². The molecule has 2 aromatic carbocycles. The predicted molar refractivity (Wildman–Crippen MR) is 101 cm³/mol. The number of aromatic nitrogens is 1. The van der Waals surface area contributed by atoms with E-state index in [2.05, 4.69) is 4.40 Å². The highest BCUT2D eigenvalue weighted by Crippen LogP contribution is 2.23. The van der Waals surface area contributed by atoms with Gasteiger partial charge in [0.05, 0.1) is 22.2 Å². The van der Waals surface area contributed by atoms with E-state index in [9.17, 15) is 13.2 Å². The van der Waals surface area contributed by atoms with Crippen LogP contribution in [0.4, 0.5) is 0 Å². The highest BCUT2D eigenvalue weighted by molar-refractivity contribution is 7.90. The van der Waals surface area contributed by atoms with Gasteiger partial charge in [0.15, 0.2) is 0 Å². The first-order valence-electron chi connectivity index (χ1n) is 7.22. The van der Waals surface area contributed by atoms with Crippen molar-refractivity contribution >= 4 is 60.7 Å². The number of carbonyl (C=O) groups is 1. The molecule has 0 spiro atoms. The van der Waals surface area contributed by atoms with E-state index < -0.39 is 16.0 Å². The number of nitrogens with zero attached hydrogens (tertiary/aromatic N) is 2. The van der Waals surface area contributed by atoms with Crippen LogP contribution >= 0.6 is 34.5 Å². The molecule has 1 heterocycles. The third-order valence-electron chi connectivity index (χ3n) is 3.47. The van der Waals surface area contributed by atoms with Crippen molar-refractivity contribution in [2.24, 2.45) is 4.40 Å². The average molecular weight is 431 g/mol. The molecule has 0 fully saturated rings. The van der Waals surface area contributed by atoms with E-state index in [0.29, 0.717) is 20.3 Å². The summed E-state index contributed by atoms with van der Waals surface area (Å²) in [4.78, 5) is 11.9. The molecule has 136 valence electrons. The molecule has 0 amide bonds. The number of fused-ring (bicyclic) bond motifs is 1. The van der Waals surface area contributed by atoms with Crippen molar-refractivity contribution in [3.05, 3.63) is 57.3 Å². The van der Waals surface area contributed by atoms with Crippen molar-refractivity contribution in [3.8, 4) is 0 Å². The number of carbonyl (C=O) groups excluding carboxylic acids is 1. The second-order valence-corrected chi connectivity index (χ2v) is 8.67. The summed E-state index contributed by atoms with van der Waals surface area (Å²) in [5.74, 6) is -0.523. The number of thiazole rings is 1. The van der Waals surface area contributed by atoms with Crippen LogP contribution in [0.25, 0.3) is 10.2 Å². The first-order chi connectivity index (χ1) is 12.3. The van der Waals surface area contributed by atoms with Crippen molar-refractivity contribution in [2.75, 3.05) is 7.11 Å². The van der Waals surface area contributed by atoms with Crippen LogP contribution in [0.15, 0.2) is 51.8 Å². The fourth-order valence-electron chi connectivity index (χ4n) is 2.23. The number of ether oxygens (including phenoxy) is 1. The standard InChI is InChI=1S/C16H12Cl2N2O4S2/c1-24-15(21)9-20-13-7-4-11(18)8-14(13)25-16(20)19-26(22,23)12-5-2-10(17)3-6-12/h2-8H,9H2,1H3/b19-16-. The maximum atomic E-state index is 12.6. The predicted octanol–water partition coefficient (Wildman–Crippen LogP) is 3.47. The Morgan fingerprint density at radius 1 is 1.15 bits per heavy atom. The summed E-state index contributed by atoms with van der Waals surface area (Å²) in [6, 6.07) is 10.7. The van der Waals surface area contributed by atoms with Gasteiger partial charge in [-0.05, 0) is 42.5 Å². The van der Waals surface area contributed by atoms with E-state index in [1.54, 1.807) is 18.2 Å². The molecule has 10 heteroatoms. The second kappa shape index (κ2) is 7.40. The maximum absolute atomic E-state index is 12.6. The van der Waals surface area contributed by atoms with E-state index in [1.807, 2.05) is 0 Å². The lowest BCUT2D eigenvalue weighted by molar-refractivity contribution is -0.141. The van der Waals surface area contributed by atoms with Crippen LogP contribution in [-0.4, -0.2) is 26.1 Å². The van der Waals surface area contributed by atoms with Crippen LogP contribution < -0.4 is 4.80 Å². The van der Waals surface area contributed by atoms with Gasteiger partial charge >= 0.3 is 5.97 Å². The van der Waals surface area contributed by atoms with E-state index in [0.717, 1.165) is 11.3 Å². The van der Waals surface area contributed by atoms with Gasteiger partial charge in [-0.2, -0.15) is 8.42 Å². The first kappa shape index (κ1) is 18.9. The number of hydrogen-bond donors (Lipinski definition) is 0. The molecule has 6 nitrogen and oxygen atoms in total. The maximum Gasteiger partial charge on any atom is 0.325 e. The van der Waals surface area contributed by atoms with Crippen LogP contribution in [-0.2, 0) is 26.1 Å². The molecule has 1 aromatic heterocycles. The van der Waals surface area contributed by atoms with Gasteiger partial charge < -0.3 is 9.30 Å². The lowest BCUT2D eigenvalue weighted by Crippen LogP contribution is -2.22. The van der Waals surface area contributed by atoms with Gasteiger partial charge in [0.2, 0.25) is 4.80 Å². The van der Waals surface area contributed by atoms with Gasteiger partial charge in [-0.1, -0.05) is 34.5 Å². The monoisotopic (exact) mass is 430 g/mol. The van der Waals surface area contributed by atoms with Crippen LogP contribution in [0.3, 0.4) is 0 Å². The highest BCUT2D eigenvalue weighted by atomic mass is 35.5. The number of sulfonamides is 1. The number of rotatable bonds is 4. The van der Waals surface area contributed by atoms with E-state index in [-0.39, 0.29) is 16.2 Å². The zero-order chi connectivity index (χ0) is 18.9. The Morgan fingerprint density at radius 3 is 2.46 bits per heavy atom. The second-order valence-electron chi connectivity index (χ2n) is 5.18. The van der Waals surface area contributed by atoms with Crippen LogP contribution in [0, 0.1) is 0 Å². The Balaban J connectivity index is 2.22. The number of esters is 1. The third kappa shape index (κ3) is 3.93. The molecule has 0 atom stereocenters. The zero-order valence-corrected chi connectivity index (χ0v) is 16.5. The summed E-state index contributed by atoms with van der Waals surface area (Å²) in [5, 5.41) is 0.914. The van der Waals surface area contributed by atoms with E-state index >= 15 is 0 Å². The average Bonchev–Trinajstić information content (AvgIpc) is 2.90. The molecular weight excluding hydrogens is 419 g/mol. The Labute approximate surface area is 163 Å². The van der Waals surface area contributed by atoms with E-state index in [1.165, 1.54) is 35.9 Å². The van der Waals surface area contributed by atoms with Crippen molar-refractivity contribution in [2.45, 2.75) is 11.4 Å². The van der Waals surface area contributed by atoms with Gasteiger partial charge in [0, 0.05) is 10.0 Å². The molecule has 0 unspecified atom stereocenters. The van der Waals surface area contributed by atoms with Crippen molar-refractivity contribution in [3.63, 3.8) is 0 Å². The van der Waals surface area contributed by atoms with Gasteiger partial charge in [0.1, 0.15) is 6.54 Å². The minimum absolute atomic E-state index is 0.00186. The number of benzene rings is 2. The van der Waals surface area contributed by atoms with Crippen molar-refractivity contribution in [1.29, 1.82) is 0 Å². The molecule has 3 rings (SSSR count). The summed E-state index contributed by atoms with van der Waals surface area (Å²) in [5.41, 5.74) is 0.634. The molecule has 0 radical (unpaired) electrons. The highest BCUT2D eigenvalue weighted by Gasteiger charge is 2.16. The summed E-state index contributed by atoms with van der Waals surface area (Å²) in [6.07, 6.45) is 0. The molecule has 0 N–H and O–H groups in total. The first-order valence-corrected chi connectivity index (χ1v) is 10.2. The number of methoxy groups -OCH3 is 1. The Bertz CT molecular complexity index is 1150. The number of hydrogen-bond acceptors (Lipinski definition) is 5.